The van der Waals surface area contributed by atoms with Crippen LogP contribution in [0.15, 0.2) is 94.7 Å². The highest BCUT2D eigenvalue weighted by atomic mass is 32.2. The Morgan fingerprint density at radius 2 is 0.891 bits per heavy atom. The number of rotatable bonds is 8. The van der Waals surface area contributed by atoms with E-state index in [0.717, 1.165) is 57.1 Å². The molecule has 0 radical (unpaired) electrons. The Morgan fingerprint density at radius 3 is 1.19 bits per heavy atom. The maximum absolute atomic E-state index is 13.2. The molecule has 0 saturated heterocycles. The summed E-state index contributed by atoms with van der Waals surface area (Å²) in [6.07, 6.45) is -12.3. The topological polar surface area (TPSA) is 170 Å². The van der Waals surface area contributed by atoms with Crippen molar-refractivity contribution in [1.82, 2.24) is 0 Å². The molecule has 2 N–H and O–H groups in total. The molecular weight excluding hydrogens is 913 g/mol. The van der Waals surface area contributed by atoms with E-state index in [9.17, 15) is 61.5 Å². The summed E-state index contributed by atoms with van der Waals surface area (Å²) < 4.78 is 179. The molecule has 0 aromatic heterocycles. The molecule has 0 unspecified atom stereocenters. The van der Waals surface area contributed by atoms with Crippen LogP contribution in [0, 0.1) is 11.6 Å². The molecule has 2 amide bonds. The normalized spacial score (nSPS) is 16.7. The highest BCUT2D eigenvalue weighted by Gasteiger charge is 2.52. The van der Waals surface area contributed by atoms with Crippen LogP contribution in [0.1, 0.15) is 41.5 Å². The average Bonchev–Trinajstić information content (AvgIpc) is 3.16. The Kier molecular flexibility index (Phi) is 13.7. The third-order valence-corrected chi connectivity index (χ3v) is 13.3. The van der Waals surface area contributed by atoms with Crippen molar-refractivity contribution in [2.24, 2.45) is 0 Å². The van der Waals surface area contributed by atoms with Crippen molar-refractivity contribution in [1.29, 1.82) is 0 Å². The number of benzene rings is 4. The van der Waals surface area contributed by atoms with Gasteiger partial charge in [-0.15, -0.1) is 0 Å². The monoisotopic (exact) mass is 952 g/mol. The number of carbonyl (C=O) groups is 2. The zero-order chi connectivity index (χ0) is 47.8. The predicted molar refractivity (Wildman–Crippen MR) is 215 cm³/mol. The number of carbonyl (C=O) groups excluding carboxylic acids is 2. The molecule has 0 fully saturated rings. The van der Waals surface area contributed by atoms with Gasteiger partial charge >= 0.3 is 24.5 Å². The fraction of sp³-hybridized carbons (Fsp3) is 0.350. The Bertz CT molecular complexity index is 2410. The Balaban J connectivity index is 0.000000241. The van der Waals surface area contributed by atoms with Crippen LogP contribution in [0.2, 0.25) is 0 Å². The van der Waals surface area contributed by atoms with Crippen LogP contribution in [-0.2, 0) is 29.5 Å². The van der Waals surface area contributed by atoms with Gasteiger partial charge in [-0.3, -0.25) is 19.2 Å². The lowest BCUT2D eigenvalue weighted by atomic mass is 10.1. The van der Waals surface area contributed by atoms with Crippen molar-refractivity contribution in [3.8, 4) is 11.5 Å². The maximum atomic E-state index is 13.2. The number of nitrogens with one attached hydrogen (secondary N) is 2. The molecule has 64 heavy (non-hydrogen) atoms. The van der Waals surface area contributed by atoms with E-state index in [1.807, 2.05) is 0 Å². The second kappa shape index (κ2) is 17.9. The average molecular weight is 953 g/mol. The number of hydrogen-bond acceptors (Lipinski definition) is 10. The lowest BCUT2D eigenvalue weighted by Crippen LogP contribution is -2.45. The molecule has 0 aliphatic carbocycles. The van der Waals surface area contributed by atoms with Gasteiger partial charge in [-0.1, -0.05) is 0 Å². The molecule has 0 saturated carbocycles. The Morgan fingerprint density at radius 1 is 0.578 bits per heavy atom. The molecule has 2 heterocycles. The molecular formula is C40H40F8N4O10S2. The quantitative estimate of drug-likeness (QED) is 0.162. The van der Waals surface area contributed by atoms with Crippen LogP contribution in [0.4, 0.5) is 67.5 Å². The molecule has 4 aromatic rings. The zero-order valence-electron chi connectivity index (χ0n) is 34.5. The molecule has 2 aliphatic heterocycles. The number of anilines is 4. The molecule has 0 bridgehead atoms. The number of halogens is 8. The van der Waals surface area contributed by atoms with Crippen molar-refractivity contribution in [3.05, 3.63) is 96.6 Å². The highest BCUT2D eigenvalue weighted by Crippen LogP contribution is 2.42. The molecule has 2 atom stereocenters. The number of amides is 2. The summed E-state index contributed by atoms with van der Waals surface area (Å²) in [5.41, 5.74) is -5.38. The molecule has 2 aliphatic rings. The number of ether oxygens (including phenoxy) is 4. The maximum Gasteiger partial charge on any atom is 0.427 e. The van der Waals surface area contributed by atoms with Crippen molar-refractivity contribution in [2.75, 3.05) is 32.5 Å². The fourth-order valence-corrected chi connectivity index (χ4v) is 9.14. The van der Waals surface area contributed by atoms with Crippen LogP contribution in [0.5, 0.6) is 11.5 Å². The van der Waals surface area contributed by atoms with E-state index in [0.29, 0.717) is 27.7 Å². The number of hydrogen-bond donors (Lipinski definition) is 2. The summed E-state index contributed by atoms with van der Waals surface area (Å²) in [6.45, 7) is 6.04. The smallest absolute Gasteiger partial charge is 0.427 e. The number of fused-ring (bicyclic) bond motifs is 2. The highest BCUT2D eigenvalue weighted by molar-refractivity contribution is 7.93. The van der Waals surface area contributed by atoms with Gasteiger partial charge in [0.15, 0.2) is 0 Å². The summed E-state index contributed by atoms with van der Waals surface area (Å²) in [5, 5.41) is 4.33. The van der Waals surface area contributed by atoms with Gasteiger partial charge in [-0.2, -0.15) is 26.3 Å². The Labute approximate surface area is 362 Å². The molecule has 6 rings (SSSR count). The second-order valence-corrected chi connectivity index (χ2v) is 18.9. The SMILES string of the molecule is C[C@@H]1COc2ccc(NC(=O)OC(C)(C)C(F)(F)F)cc2N1S(=O)(=O)c1ccc(F)cc1.C[C@H]1COc2ccc(NC(=O)OC(C)(C)C(F)(F)F)cc2N1S(=O)(=O)c1ccc(F)cc1. The van der Waals surface area contributed by atoms with Crippen LogP contribution in [0.25, 0.3) is 0 Å². The second-order valence-electron chi connectivity index (χ2n) is 15.2. The fourth-order valence-electron chi connectivity index (χ4n) is 5.85. The van der Waals surface area contributed by atoms with Gasteiger partial charge in [0.2, 0.25) is 11.2 Å². The summed E-state index contributed by atoms with van der Waals surface area (Å²) in [4.78, 5) is 23.7. The molecule has 14 nitrogen and oxygen atoms in total. The molecule has 348 valence electrons. The van der Waals surface area contributed by atoms with Crippen LogP contribution < -0.4 is 28.7 Å². The summed E-state index contributed by atoms with van der Waals surface area (Å²) in [5.74, 6) is -0.844. The van der Waals surface area contributed by atoms with E-state index in [1.54, 1.807) is 13.8 Å². The van der Waals surface area contributed by atoms with Gasteiger partial charge in [-0.25, -0.2) is 35.2 Å². The first kappa shape index (κ1) is 49.0. The minimum absolute atomic E-state index is 0.0104. The van der Waals surface area contributed by atoms with Crippen molar-refractivity contribution in [3.63, 3.8) is 0 Å². The van der Waals surface area contributed by atoms with Crippen LogP contribution in [0.3, 0.4) is 0 Å². The third kappa shape index (κ3) is 10.7. The van der Waals surface area contributed by atoms with E-state index in [2.05, 4.69) is 20.1 Å². The van der Waals surface area contributed by atoms with E-state index < -0.39 is 79.5 Å². The number of nitrogens with zero attached hydrogens (tertiary/aromatic N) is 2. The zero-order valence-corrected chi connectivity index (χ0v) is 36.1. The predicted octanol–water partition coefficient (Wildman–Crippen LogP) is 9.38. The lowest BCUT2D eigenvalue weighted by Gasteiger charge is -2.36. The molecule has 24 heteroatoms. The van der Waals surface area contributed by atoms with Gasteiger partial charge < -0.3 is 18.9 Å². The van der Waals surface area contributed by atoms with Gasteiger partial charge in [0.05, 0.1) is 33.2 Å². The van der Waals surface area contributed by atoms with Crippen molar-refractivity contribution < 1.29 is 80.5 Å². The first-order chi connectivity index (χ1) is 29.4. The molecule has 0 spiro atoms. The summed E-state index contributed by atoms with van der Waals surface area (Å²) in [7, 11) is -8.28. The first-order valence-corrected chi connectivity index (χ1v) is 21.6. The van der Waals surface area contributed by atoms with E-state index in [4.69, 9.17) is 9.47 Å². The first-order valence-electron chi connectivity index (χ1n) is 18.7. The van der Waals surface area contributed by atoms with Crippen molar-refractivity contribution in [2.45, 2.75) is 87.0 Å². The standard InChI is InChI=1S/2C20H20F4N2O5S/c2*1-12-11-30-17-9-6-14(25-18(27)31-19(2,3)20(22,23)24)10-16(17)26(12)32(28,29)15-7-4-13(21)5-8-15/h2*4-10,12H,11H2,1-3H3,(H,25,27)/t2*12-/m10/s1. The minimum atomic E-state index is -4.79. The third-order valence-electron chi connectivity index (χ3n) is 9.45. The number of alkyl halides is 6. The van der Waals surface area contributed by atoms with Crippen LogP contribution >= 0.6 is 0 Å². The van der Waals surface area contributed by atoms with Crippen LogP contribution in [-0.4, -0.2) is 77.9 Å². The van der Waals surface area contributed by atoms with Gasteiger partial charge in [0, 0.05) is 11.4 Å². The van der Waals surface area contributed by atoms with E-state index >= 15 is 0 Å². The molecule has 4 aromatic carbocycles. The van der Waals surface area contributed by atoms with Gasteiger partial charge in [-0.05, 0) is 126 Å². The van der Waals surface area contributed by atoms with Gasteiger partial charge in [0.25, 0.3) is 20.0 Å². The summed E-state index contributed by atoms with van der Waals surface area (Å²) in [6, 6.07) is 15.1. The lowest BCUT2D eigenvalue weighted by molar-refractivity contribution is -0.242. The Hall–Kier alpha value is -6.04. The number of sulfonamides is 2. The van der Waals surface area contributed by atoms with Crippen molar-refractivity contribution >= 4 is 55.0 Å². The summed E-state index contributed by atoms with van der Waals surface area (Å²) >= 11 is 0. The minimum Gasteiger partial charge on any atom is -0.489 e. The van der Waals surface area contributed by atoms with E-state index in [-0.39, 0.29) is 57.3 Å². The largest absolute Gasteiger partial charge is 0.489 e. The van der Waals surface area contributed by atoms with Gasteiger partial charge in [0.1, 0.15) is 36.3 Å². The van der Waals surface area contributed by atoms with E-state index in [1.165, 1.54) is 36.4 Å².